The molecule has 1 N–H and O–H groups in total. The molecule has 0 saturated carbocycles. The van der Waals surface area contributed by atoms with E-state index in [1.165, 1.54) is 4.90 Å². The monoisotopic (exact) mass is 213 g/mol. The van der Waals surface area contributed by atoms with E-state index < -0.39 is 23.7 Å². The van der Waals surface area contributed by atoms with Crippen LogP contribution in [-0.2, 0) is 9.53 Å². The molecule has 0 aromatic heterocycles. The summed E-state index contributed by atoms with van der Waals surface area (Å²) >= 11 is 0. The Morgan fingerprint density at radius 2 is 2.20 bits per heavy atom. The minimum Gasteiger partial charge on any atom is -0.465 e. The second-order valence-corrected chi connectivity index (χ2v) is 5.30. The quantitative estimate of drug-likeness (QED) is 0.611. The van der Waals surface area contributed by atoms with Gasteiger partial charge in [0, 0.05) is 11.8 Å². The summed E-state index contributed by atoms with van der Waals surface area (Å²) in [5, 5.41) is 8.95. The summed E-state index contributed by atoms with van der Waals surface area (Å²) in [5.41, 5.74) is -0.866. The molecule has 15 heavy (non-hydrogen) atoms. The average Bonchev–Trinajstić information content (AvgIpc) is 2.57. The number of ether oxygens (including phenoxy) is 1. The number of amides is 1. The molecule has 2 unspecified atom stereocenters. The molecule has 0 aliphatic carbocycles. The molecule has 2 saturated heterocycles. The molecule has 0 spiro atoms. The van der Waals surface area contributed by atoms with Gasteiger partial charge in [-0.05, 0) is 0 Å². The molecule has 84 valence electrons. The van der Waals surface area contributed by atoms with Crippen LogP contribution in [0.2, 0.25) is 0 Å². The molecule has 0 aromatic carbocycles. The molecule has 2 aliphatic rings. The Labute approximate surface area is 88.0 Å². The van der Waals surface area contributed by atoms with E-state index in [4.69, 9.17) is 9.84 Å². The first-order valence-electron chi connectivity index (χ1n) is 4.99. The maximum absolute atomic E-state index is 11.5. The molecule has 2 aliphatic heterocycles. The van der Waals surface area contributed by atoms with E-state index in [2.05, 4.69) is 0 Å². The van der Waals surface area contributed by atoms with Crippen molar-refractivity contribution in [3.63, 3.8) is 0 Å². The average molecular weight is 213 g/mol. The van der Waals surface area contributed by atoms with E-state index in [-0.39, 0.29) is 5.41 Å². The number of carboxylic acid groups (broad SMARTS) is 1. The third-order valence-electron chi connectivity index (χ3n) is 3.51. The predicted molar refractivity (Wildman–Crippen MR) is 51.4 cm³/mol. The van der Waals surface area contributed by atoms with Crippen molar-refractivity contribution in [1.82, 2.24) is 4.90 Å². The SMILES string of the molecule is CC(C)(C)C12CC(C(=O)O1)N(C(=O)O)C2. The molecular weight excluding hydrogens is 198 g/mol. The molecule has 5 nitrogen and oxygen atoms in total. The number of likely N-dealkylation sites (tertiary alicyclic amines) is 1. The maximum atomic E-state index is 11.5. The van der Waals surface area contributed by atoms with Crippen LogP contribution in [0.5, 0.6) is 0 Å². The predicted octanol–water partition coefficient (Wildman–Crippen LogP) is 1.08. The van der Waals surface area contributed by atoms with Crippen LogP contribution in [0.4, 0.5) is 4.79 Å². The summed E-state index contributed by atoms with van der Waals surface area (Å²) in [5.74, 6) is -0.404. The van der Waals surface area contributed by atoms with Crippen molar-refractivity contribution in [3.05, 3.63) is 0 Å². The normalized spacial score (nSPS) is 34.5. The van der Waals surface area contributed by atoms with Crippen molar-refractivity contribution in [3.8, 4) is 0 Å². The van der Waals surface area contributed by atoms with E-state index in [1.54, 1.807) is 0 Å². The van der Waals surface area contributed by atoms with Crippen molar-refractivity contribution in [1.29, 1.82) is 0 Å². The summed E-state index contributed by atoms with van der Waals surface area (Å²) in [6, 6.07) is -0.596. The van der Waals surface area contributed by atoms with E-state index >= 15 is 0 Å². The van der Waals surface area contributed by atoms with Crippen LogP contribution >= 0.6 is 0 Å². The van der Waals surface area contributed by atoms with Crippen LogP contribution in [0.15, 0.2) is 0 Å². The molecule has 2 rings (SSSR count). The third-order valence-corrected chi connectivity index (χ3v) is 3.51. The Morgan fingerprint density at radius 1 is 1.60 bits per heavy atom. The summed E-state index contributed by atoms with van der Waals surface area (Å²) in [6.07, 6.45) is -0.551. The topological polar surface area (TPSA) is 66.8 Å². The lowest BCUT2D eigenvalue weighted by Crippen LogP contribution is -2.52. The van der Waals surface area contributed by atoms with Crippen LogP contribution in [0.25, 0.3) is 0 Å². The zero-order valence-corrected chi connectivity index (χ0v) is 9.11. The van der Waals surface area contributed by atoms with Crippen LogP contribution in [0.3, 0.4) is 0 Å². The van der Waals surface area contributed by atoms with Crippen LogP contribution in [-0.4, -0.2) is 40.3 Å². The first kappa shape index (κ1) is 10.3. The zero-order valence-electron chi connectivity index (χ0n) is 9.11. The molecule has 2 fully saturated rings. The van der Waals surface area contributed by atoms with Gasteiger partial charge in [0.05, 0.1) is 6.54 Å². The van der Waals surface area contributed by atoms with Gasteiger partial charge in [-0.15, -0.1) is 0 Å². The van der Waals surface area contributed by atoms with Gasteiger partial charge >= 0.3 is 12.1 Å². The van der Waals surface area contributed by atoms with E-state index in [9.17, 15) is 9.59 Å². The van der Waals surface area contributed by atoms with Gasteiger partial charge in [0.2, 0.25) is 0 Å². The van der Waals surface area contributed by atoms with E-state index in [0.29, 0.717) is 13.0 Å². The molecule has 5 heteroatoms. The number of rotatable bonds is 0. The number of esters is 1. The van der Waals surface area contributed by atoms with E-state index in [1.807, 2.05) is 20.8 Å². The van der Waals surface area contributed by atoms with Crippen molar-refractivity contribution in [2.45, 2.75) is 38.8 Å². The van der Waals surface area contributed by atoms with Gasteiger partial charge in [0.15, 0.2) is 0 Å². The highest BCUT2D eigenvalue weighted by atomic mass is 16.6. The Bertz CT molecular complexity index is 333. The highest BCUT2D eigenvalue weighted by Gasteiger charge is 2.63. The number of nitrogens with zero attached hydrogens (tertiary/aromatic N) is 1. The Hall–Kier alpha value is -1.26. The highest BCUT2D eigenvalue weighted by molar-refractivity contribution is 5.85. The fraction of sp³-hybridized carbons (Fsp3) is 0.800. The summed E-state index contributed by atoms with van der Waals surface area (Å²) in [6.45, 7) is 6.19. The van der Waals surface area contributed by atoms with Gasteiger partial charge < -0.3 is 9.84 Å². The van der Waals surface area contributed by atoms with Crippen molar-refractivity contribution in [2.24, 2.45) is 5.41 Å². The summed E-state index contributed by atoms with van der Waals surface area (Å²) in [7, 11) is 0. The van der Waals surface area contributed by atoms with E-state index in [0.717, 1.165) is 0 Å². The number of fused-ring (bicyclic) bond motifs is 2. The Kier molecular flexibility index (Phi) is 1.81. The summed E-state index contributed by atoms with van der Waals surface area (Å²) < 4.78 is 5.35. The van der Waals surface area contributed by atoms with Crippen molar-refractivity contribution < 1.29 is 19.4 Å². The number of carbonyl (C=O) groups excluding carboxylic acids is 1. The van der Waals surface area contributed by atoms with Crippen molar-refractivity contribution >= 4 is 12.1 Å². The highest BCUT2D eigenvalue weighted by Crippen LogP contribution is 2.48. The second-order valence-electron chi connectivity index (χ2n) is 5.30. The molecule has 2 bridgehead atoms. The second kappa shape index (κ2) is 2.65. The van der Waals surface area contributed by atoms with Gasteiger partial charge in [-0.2, -0.15) is 0 Å². The van der Waals surface area contributed by atoms with Gasteiger partial charge in [0.1, 0.15) is 11.6 Å². The smallest absolute Gasteiger partial charge is 0.408 e. The molecular formula is C10H15NO4. The van der Waals surface area contributed by atoms with Crippen LogP contribution in [0, 0.1) is 5.41 Å². The minimum absolute atomic E-state index is 0.235. The molecule has 1 amide bonds. The Balaban J connectivity index is 2.34. The largest absolute Gasteiger partial charge is 0.465 e. The molecule has 0 radical (unpaired) electrons. The Morgan fingerprint density at radius 3 is 2.53 bits per heavy atom. The van der Waals surface area contributed by atoms with Gasteiger partial charge in [-0.25, -0.2) is 9.59 Å². The molecule has 0 aromatic rings. The van der Waals surface area contributed by atoms with Gasteiger partial charge in [-0.1, -0.05) is 20.8 Å². The number of carbonyl (C=O) groups is 2. The van der Waals surface area contributed by atoms with Gasteiger partial charge in [0.25, 0.3) is 0 Å². The summed E-state index contributed by atoms with van der Waals surface area (Å²) in [4.78, 5) is 23.6. The third kappa shape index (κ3) is 1.22. The fourth-order valence-corrected chi connectivity index (χ4v) is 2.31. The van der Waals surface area contributed by atoms with Gasteiger partial charge in [-0.3, -0.25) is 4.90 Å². The first-order chi connectivity index (χ1) is 6.77. The molecule has 2 heterocycles. The maximum Gasteiger partial charge on any atom is 0.408 e. The fourth-order valence-electron chi connectivity index (χ4n) is 2.31. The zero-order chi connectivity index (χ0) is 11.4. The minimum atomic E-state index is -1.04. The lowest BCUT2D eigenvalue weighted by molar-refractivity contribution is -0.168. The lowest BCUT2D eigenvalue weighted by Gasteiger charge is -2.40. The number of hydrogen-bond acceptors (Lipinski definition) is 3. The number of morpholine rings is 1. The van der Waals surface area contributed by atoms with Crippen molar-refractivity contribution in [2.75, 3.05) is 6.54 Å². The number of hydrogen-bond donors (Lipinski definition) is 1. The standard InChI is InChI=1S/C10H15NO4/c1-9(2,3)10-4-6(7(12)15-10)11(5-10)8(13)14/h6H,4-5H2,1-3H3,(H,13,14). The van der Waals surface area contributed by atoms with Crippen LogP contribution < -0.4 is 0 Å². The molecule has 2 atom stereocenters. The first-order valence-corrected chi connectivity index (χ1v) is 4.99. The van der Waals surface area contributed by atoms with Crippen LogP contribution in [0.1, 0.15) is 27.2 Å². The lowest BCUT2D eigenvalue weighted by atomic mass is 9.76.